The second-order valence-electron chi connectivity index (χ2n) is 7.37. The van der Waals surface area contributed by atoms with Gasteiger partial charge >= 0.3 is 6.18 Å². The summed E-state index contributed by atoms with van der Waals surface area (Å²) in [6.07, 6.45) is -3.82. The predicted octanol–water partition coefficient (Wildman–Crippen LogP) is 3.82. The van der Waals surface area contributed by atoms with Crippen LogP contribution < -0.4 is 10.6 Å². The lowest BCUT2D eigenvalue weighted by Gasteiger charge is -2.11. The van der Waals surface area contributed by atoms with E-state index in [0.717, 1.165) is 10.9 Å². The van der Waals surface area contributed by atoms with Gasteiger partial charge in [0.2, 0.25) is 5.96 Å². The molecule has 0 radical (unpaired) electrons. The average molecular weight is 451 g/mol. The van der Waals surface area contributed by atoms with Gasteiger partial charge in [0.05, 0.1) is 11.3 Å². The quantitative estimate of drug-likeness (QED) is 0.312. The molecule has 0 unspecified atom stereocenters. The molecule has 3 N–H and O–H groups in total. The summed E-state index contributed by atoms with van der Waals surface area (Å²) >= 11 is 0. The van der Waals surface area contributed by atoms with E-state index in [1.807, 2.05) is 13.8 Å². The Balaban J connectivity index is 1.84. The van der Waals surface area contributed by atoms with Crippen molar-refractivity contribution in [1.82, 2.24) is 25.3 Å². The number of hydrogen-bond acceptors (Lipinski definition) is 4. The number of carbonyl (C=O) groups excluding carboxylic acids is 1. The van der Waals surface area contributed by atoms with Gasteiger partial charge in [-0.1, -0.05) is 26.0 Å². The first kappa shape index (κ1) is 23.0. The maximum Gasteiger partial charge on any atom is 0.435 e. The van der Waals surface area contributed by atoms with E-state index in [-0.39, 0.29) is 29.8 Å². The van der Waals surface area contributed by atoms with Crippen molar-refractivity contribution in [2.75, 3.05) is 11.9 Å². The van der Waals surface area contributed by atoms with Crippen LogP contribution in [0.3, 0.4) is 0 Å². The maximum absolute atomic E-state index is 14.0. The normalized spacial score (nSPS) is 12.3. The van der Waals surface area contributed by atoms with Crippen molar-refractivity contribution in [2.45, 2.75) is 20.0 Å². The van der Waals surface area contributed by atoms with Crippen LogP contribution in [-0.4, -0.2) is 38.4 Å². The topological polar surface area (TPSA) is 100.0 Å². The minimum Gasteiger partial charge on any atom is -0.309 e. The lowest BCUT2D eigenvalue weighted by atomic mass is 10.1. The third kappa shape index (κ3) is 5.50. The molecule has 0 bridgehead atoms. The van der Waals surface area contributed by atoms with Gasteiger partial charge in [-0.25, -0.2) is 4.39 Å². The second-order valence-corrected chi connectivity index (χ2v) is 7.37. The van der Waals surface area contributed by atoms with E-state index in [9.17, 15) is 22.4 Å². The number of aromatic nitrogens is 4. The number of aliphatic imine (C=N–C) groups is 1. The number of guanidine groups is 1. The van der Waals surface area contributed by atoms with Gasteiger partial charge in [-0.2, -0.15) is 23.4 Å². The zero-order chi connectivity index (χ0) is 23.5. The fraction of sp³-hybridized carbons (Fsp3) is 0.300. The molecule has 0 saturated heterocycles. The molecule has 0 fully saturated rings. The van der Waals surface area contributed by atoms with Crippen molar-refractivity contribution < 1.29 is 22.4 Å². The molecule has 170 valence electrons. The summed E-state index contributed by atoms with van der Waals surface area (Å²) in [6.45, 7) is 4.06. The van der Waals surface area contributed by atoms with Crippen LogP contribution in [0.15, 0.2) is 41.5 Å². The minimum atomic E-state index is -4.80. The highest BCUT2D eigenvalue weighted by molar-refractivity contribution is 6.10. The van der Waals surface area contributed by atoms with Crippen LogP contribution >= 0.6 is 0 Å². The highest BCUT2D eigenvalue weighted by Crippen LogP contribution is 2.30. The van der Waals surface area contributed by atoms with E-state index >= 15 is 0 Å². The molecule has 0 spiro atoms. The fourth-order valence-corrected chi connectivity index (χ4v) is 2.75. The Kier molecular flexibility index (Phi) is 6.61. The fourth-order valence-electron chi connectivity index (χ4n) is 2.75. The largest absolute Gasteiger partial charge is 0.435 e. The molecule has 3 aromatic rings. The van der Waals surface area contributed by atoms with Crippen LogP contribution in [0.5, 0.6) is 0 Å². The van der Waals surface area contributed by atoms with E-state index in [0.29, 0.717) is 5.69 Å². The highest BCUT2D eigenvalue weighted by atomic mass is 19.4. The molecule has 0 atom stereocenters. The van der Waals surface area contributed by atoms with Crippen LogP contribution in [0.2, 0.25) is 0 Å². The van der Waals surface area contributed by atoms with Crippen molar-refractivity contribution in [3.63, 3.8) is 0 Å². The summed E-state index contributed by atoms with van der Waals surface area (Å²) in [5.41, 5.74) is -1.30. The summed E-state index contributed by atoms with van der Waals surface area (Å²) in [6, 6.07) is 7.55. The van der Waals surface area contributed by atoms with Gasteiger partial charge in [0.25, 0.3) is 5.91 Å². The SMILES string of the molecule is CC(C)CN=C(NC(=O)c1cn(C)nc1C(F)(F)F)Nc1cc(-c2ccccc2F)[nH]n1. The smallest absolute Gasteiger partial charge is 0.309 e. The molecule has 2 aromatic heterocycles. The van der Waals surface area contributed by atoms with Crippen molar-refractivity contribution in [3.8, 4) is 11.3 Å². The van der Waals surface area contributed by atoms with Crippen molar-refractivity contribution >= 4 is 17.7 Å². The van der Waals surface area contributed by atoms with E-state index in [1.54, 1.807) is 18.2 Å². The lowest BCUT2D eigenvalue weighted by Crippen LogP contribution is -2.37. The molecular weight excluding hydrogens is 430 g/mol. The number of anilines is 1. The third-order valence-electron chi connectivity index (χ3n) is 4.18. The molecule has 1 amide bonds. The minimum absolute atomic E-state index is 0.104. The Morgan fingerprint density at radius 2 is 2.00 bits per heavy atom. The van der Waals surface area contributed by atoms with Gasteiger partial charge in [0, 0.05) is 31.4 Å². The van der Waals surface area contributed by atoms with Gasteiger partial charge in [0.1, 0.15) is 5.82 Å². The molecule has 2 heterocycles. The summed E-state index contributed by atoms with van der Waals surface area (Å²) in [7, 11) is 1.28. The number of nitrogens with one attached hydrogen (secondary N) is 3. The number of nitrogens with zero attached hydrogens (tertiary/aromatic N) is 4. The maximum atomic E-state index is 14.0. The van der Waals surface area contributed by atoms with Crippen molar-refractivity contribution in [2.24, 2.45) is 18.0 Å². The molecule has 0 aliphatic rings. The summed E-state index contributed by atoms with van der Waals surface area (Å²) in [4.78, 5) is 16.8. The van der Waals surface area contributed by atoms with Crippen LogP contribution in [0.25, 0.3) is 11.3 Å². The first-order chi connectivity index (χ1) is 15.0. The number of aryl methyl sites for hydroxylation is 1. The van der Waals surface area contributed by atoms with E-state index in [1.165, 1.54) is 19.2 Å². The van der Waals surface area contributed by atoms with E-state index in [2.05, 4.69) is 30.9 Å². The summed E-state index contributed by atoms with van der Waals surface area (Å²) in [5.74, 6) is -1.30. The number of H-pyrrole nitrogens is 1. The molecule has 0 aliphatic carbocycles. The summed E-state index contributed by atoms with van der Waals surface area (Å²) < 4.78 is 54.5. The number of aromatic amines is 1. The van der Waals surface area contributed by atoms with E-state index < -0.39 is 29.2 Å². The van der Waals surface area contributed by atoms with Gasteiger partial charge < -0.3 is 5.32 Å². The highest BCUT2D eigenvalue weighted by Gasteiger charge is 2.39. The first-order valence-electron chi connectivity index (χ1n) is 9.58. The Morgan fingerprint density at radius 1 is 1.28 bits per heavy atom. The predicted molar refractivity (Wildman–Crippen MR) is 110 cm³/mol. The Hall–Kier alpha value is -3.70. The van der Waals surface area contributed by atoms with Crippen molar-refractivity contribution in [1.29, 1.82) is 0 Å². The van der Waals surface area contributed by atoms with Crippen LogP contribution in [-0.2, 0) is 13.2 Å². The molecule has 32 heavy (non-hydrogen) atoms. The molecule has 8 nitrogen and oxygen atoms in total. The Morgan fingerprint density at radius 3 is 2.66 bits per heavy atom. The van der Waals surface area contributed by atoms with Crippen LogP contribution in [0.4, 0.5) is 23.4 Å². The van der Waals surface area contributed by atoms with Gasteiger partial charge in [0.15, 0.2) is 11.5 Å². The van der Waals surface area contributed by atoms with Crippen LogP contribution in [0.1, 0.15) is 29.9 Å². The second kappa shape index (κ2) is 9.20. The molecule has 1 aromatic carbocycles. The number of hydrogen-bond donors (Lipinski definition) is 3. The summed E-state index contributed by atoms with van der Waals surface area (Å²) in [5, 5.41) is 15.1. The lowest BCUT2D eigenvalue weighted by molar-refractivity contribution is -0.141. The number of rotatable bonds is 5. The molecule has 3 rings (SSSR count). The monoisotopic (exact) mass is 451 g/mol. The zero-order valence-corrected chi connectivity index (χ0v) is 17.5. The number of amides is 1. The van der Waals surface area contributed by atoms with Gasteiger partial charge in [-0.3, -0.25) is 24.9 Å². The Labute approximate surface area is 180 Å². The van der Waals surface area contributed by atoms with Gasteiger partial charge in [-0.15, -0.1) is 0 Å². The van der Waals surface area contributed by atoms with Gasteiger partial charge in [-0.05, 0) is 18.1 Å². The molecular formula is C20H21F4N7O. The average Bonchev–Trinajstić information content (AvgIpc) is 3.33. The number of alkyl halides is 3. The molecule has 0 aliphatic heterocycles. The number of carbonyl (C=O) groups is 1. The molecule has 12 heteroatoms. The van der Waals surface area contributed by atoms with Crippen LogP contribution in [0, 0.1) is 11.7 Å². The zero-order valence-electron chi connectivity index (χ0n) is 17.5. The Bertz CT molecular complexity index is 1130. The van der Waals surface area contributed by atoms with E-state index in [4.69, 9.17) is 0 Å². The first-order valence-corrected chi connectivity index (χ1v) is 9.58. The standard InChI is InChI=1S/C20H21F4N7O/c1-11(2)9-25-19(27-18(32)13-10-31(3)30-17(13)20(22,23)24)26-16-8-15(28-29-16)12-6-4-5-7-14(12)21/h4-8,10-11H,9H2,1-3H3,(H3,25,26,27,28,29,32). The molecule has 0 saturated carbocycles. The number of halogens is 4. The third-order valence-corrected chi connectivity index (χ3v) is 4.18. The van der Waals surface area contributed by atoms with Crippen molar-refractivity contribution in [3.05, 3.63) is 53.6 Å². The number of benzene rings is 1.